The minimum absolute atomic E-state index is 0.0174. The minimum atomic E-state index is 0.0174. The van der Waals surface area contributed by atoms with Crippen molar-refractivity contribution in [3.05, 3.63) is 24.0 Å². The number of hydrogen-bond acceptors (Lipinski definition) is 2. The van der Waals surface area contributed by atoms with Crippen molar-refractivity contribution in [2.45, 2.75) is 45.6 Å². The smallest absolute Gasteiger partial charge is 0.317 e. The van der Waals surface area contributed by atoms with E-state index in [0.717, 1.165) is 37.9 Å². The van der Waals surface area contributed by atoms with Crippen LogP contribution in [0.4, 0.5) is 4.79 Å². The molecule has 1 aliphatic heterocycles. The predicted molar refractivity (Wildman–Crippen MR) is 87.5 cm³/mol. The first-order valence-electron chi connectivity index (χ1n) is 8.40. The normalized spacial score (nSPS) is 19.6. The van der Waals surface area contributed by atoms with Crippen LogP contribution in [0.1, 0.15) is 51.3 Å². The average Bonchev–Trinajstić information content (AvgIpc) is 3.13. The molecule has 1 aromatic heterocycles. The largest absolute Gasteiger partial charge is 0.396 e. The molecule has 1 aromatic rings. The van der Waals surface area contributed by atoms with Crippen molar-refractivity contribution in [3.8, 4) is 0 Å². The van der Waals surface area contributed by atoms with Crippen LogP contribution in [-0.2, 0) is 0 Å². The molecule has 2 unspecified atom stereocenters. The molecule has 2 heterocycles. The zero-order chi connectivity index (χ0) is 15.9. The van der Waals surface area contributed by atoms with Gasteiger partial charge in [0.05, 0.1) is 6.04 Å². The van der Waals surface area contributed by atoms with Gasteiger partial charge in [-0.2, -0.15) is 0 Å². The van der Waals surface area contributed by atoms with Crippen molar-refractivity contribution >= 4 is 6.03 Å². The molecular weight excluding hydrogens is 278 g/mol. The maximum absolute atomic E-state index is 12.5. The van der Waals surface area contributed by atoms with Gasteiger partial charge in [-0.25, -0.2) is 4.79 Å². The number of aromatic amines is 1. The quantitative estimate of drug-likeness (QED) is 0.725. The van der Waals surface area contributed by atoms with E-state index < -0.39 is 0 Å². The van der Waals surface area contributed by atoms with Crippen molar-refractivity contribution < 1.29 is 9.90 Å². The van der Waals surface area contributed by atoms with Crippen LogP contribution in [0.5, 0.6) is 0 Å². The van der Waals surface area contributed by atoms with Gasteiger partial charge in [0, 0.05) is 31.6 Å². The molecule has 5 heteroatoms. The van der Waals surface area contributed by atoms with Crippen molar-refractivity contribution in [1.82, 2.24) is 15.2 Å². The molecule has 0 radical (unpaired) electrons. The number of rotatable bonds is 7. The predicted octanol–water partition coefficient (Wildman–Crippen LogP) is 2.91. The molecule has 1 saturated heterocycles. The Morgan fingerprint density at radius 2 is 2.36 bits per heavy atom. The van der Waals surface area contributed by atoms with Crippen LogP contribution in [0.25, 0.3) is 0 Å². The highest BCUT2D eigenvalue weighted by molar-refractivity contribution is 5.75. The summed E-state index contributed by atoms with van der Waals surface area (Å²) in [5.41, 5.74) is 1.11. The lowest BCUT2D eigenvalue weighted by Gasteiger charge is -2.26. The maximum atomic E-state index is 12.5. The van der Waals surface area contributed by atoms with E-state index in [0.29, 0.717) is 18.4 Å². The van der Waals surface area contributed by atoms with Gasteiger partial charge in [0.2, 0.25) is 0 Å². The Morgan fingerprint density at radius 3 is 3.00 bits per heavy atom. The zero-order valence-corrected chi connectivity index (χ0v) is 13.7. The number of aliphatic hydroxyl groups is 1. The van der Waals surface area contributed by atoms with Gasteiger partial charge in [-0.05, 0) is 49.7 Å². The summed E-state index contributed by atoms with van der Waals surface area (Å²) in [6.07, 6.45) is 5.74. The number of amides is 2. The van der Waals surface area contributed by atoms with Crippen LogP contribution >= 0.6 is 0 Å². The number of aliphatic hydroxyl groups excluding tert-OH is 1. The van der Waals surface area contributed by atoms with Crippen LogP contribution in [0, 0.1) is 11.8 Å². The highest BCUT2D eigenvalue weighted by Gasteiger charge is 2.30. The van der Waals surface area contributed by atoms with Crippen LogP contribution in [0.15, 0.2) is 18.3 Å². The molecule has 124 valence electrons. The first-order chi connectivity index (χ1) is 10.6. The average molecular weight is 307 g/mol. The van der Waals surface area contributed by atoms with Crippen LogP contribution in [0.3, 0.4) is 0 Å². The molecule has 1 fully saturated rings. The Kier molecular flexibility index (Phi) is 6.31. The second-order valence-electron chi connectivity index (χ2n) is 6.67. The number of carbonyl (C=O) groups is 1. The molecular formula is C17H29N3O2. The monoisotopic (exact) mass is 307 g/mol. The summed E-state index contributed by atoms with van der Waals surface area (Å²) in [5, 5.41) is 12.2. The van der Waals surface area contributed by atoms with Gasteiger partial charge in [0.25, 0.3) is 0 Å². The van der Waals surface area contributed by atoms with Crippen molar-refractivity contribution in [3.63, 3.8) is 0 Å². The second kappa shape index (κ2) is 8.22. The highest BCUT2D eigenvalue weighted by Crippen LogP contribution is 2.30. The van der Waals surface area contributed by atoms with Gasteiger partial charge in [0.1, 0.15) is 0 Å². The first kappa shape index (κ1) is 16.9. The molecule has 0 saturated carbocycles. The summed E-state index contributed by atoms with van der Waals surface area (Å²) in [7, 11) is 0. The fourth-order valence-electron chi connectivity index (χ4n) is 3.37. The Labute approximate surface area is 133 Å². The number of urea groups is 1. The topological polar surface area (TPSA) is 68.4 Å². The third kappa shape index (κ3) is 4.50. The second-order valence-corrected chi connectivity index (χ2v) is 6.67. The molecule has 0 aromatic carbocycles. The van der Waals surface area contributed by atoms with Crippen molar-refractivity contribution in [2.75, 3.05) is 19.7 Å². The molecule has 0 bridgehead atoms. The summed E-state index contributed by atoms with van der Waals surface area (Å²) in [6.45, 7) is 5.99. The lowest BCUT2D eigenvalue weighted by Crippen LogP contribution is -2.41. The Bertz CT molecular complexity index is 445. The number of nitrogens with zero attached hydrogens (tertiary/aromatic N) is 1. The summed E-state index contributed by atoms with van der Waals surface area (Å²) in [4.78, 5) is 17.6. The third-order valence-corrected chi connectivity index (χ3v) is 4.38. The van der Waals surface area contributed by atoms with E-state index in [9.17, 15) is 4.79 Å². The standard InChI is InChI=1S/C17H29N3O2/c1-13(2)11-14(7-10-21)12-19-17(22)20-9-4-6-16(20)15-5-3-8-18-15/h3,5,8,13-14,16,18,21H,4,6-7,9-12H2,1-2H3,(H,19,22). The van der Waals surface area contributed by atoms with E-state index in [4.69, 9.17) is 5.11 Å². The van der Waals surface area contributed by atoms with E-state index in [-0.39, 0.29) is 18.7 Å². The number of nitrogens with one attached hydrogen (secondary N) is 2. The SMILES string of the molecule is CC(C)CC(CCO)CNC(=O)N1CCCC1c1ccc[nH]1. The molecule has 2 amide bonds. The molecule has 0 aliphatic carbocycles. The lowest BCUT2D eigenvalue weighted by atomic mass is 9.94. The van der Waals surface area contributed by atoms with Crippen LogP contribution < -0.4 is 5.32 Å². The summed E-state index contributed by atoms with van der Waals surface area (Å²) < 4.78 is 0. The van der Waals surface area contributed by atoms with Gasteiger partial charge in [-0.1, -0.05) is 13.8 Å². The number of carbonyl (C=O) groups excluding carboxylic acids is 1. The first-order valence-corrected chi connectivity index (χ1v) is 8.40. The number of hydrogen-bond donors (Lipinski definition) is 3. The Balaban J connectivity index is 1.87. The molecule has 5 nitrogen and oxygen atoms in total. The van der Waals surface area contributed by atoms with E-state index in [2.05, 4.69) is 24.1 Å². The molecule has 22 heavy (non-hydrogen) atoms. The van der Waals surface area contributed by atoms with E-state index in [1.54, 1.807) is 0 Å². The van der Waals surface area contributed by atoms with Gasteiger partial charge in [-0.3, -0.25) is 0 Å². The molecule has 1 aliphatic rings. The van der Waals surface area contributed by atoms with Crippen molar-refractivity contribution in [1.29, 1.82) is 0 Å². The summed E-state index contributed by atoms with van der Waals surface area (Å²) in [5.74, 6) is 0.924. The van der Waals surface area contributed by atoms with Gasteiger partial charge in [0.15, 0.2) is 0 Å². The molecule has 3 N–H and O–H groups in total. The van der Waals surface area contributed by atoms with Gasteiger partial charge in [-0.15, -0.1) is 0 Å². The molecule has 0 spiro atoms. The third-order valence-electron chi connectivity index (χ3n) is 4.38. The number of likely N-dealkylation sites (tertiary alicyclic amines) is 1. The molecule has 2 atom stereocenters. The van der Waals surface area contributed by atoms with Crippen LogP contribution in [-0.4, -0.2) is 40.7 Å². The van der Waals surface area contributed by atoms with E-state index in [1.807, 2.05) is 23.2 Å². The fourth-order valence-corrected chi connectivity index (χ4v) is 3.37. The van der Waals surface area contributed by atoms with Crippen molar-refractivity contribution in [2.24, 2.45) is 11.8 Å². The van der Waals surface area contributed by atoms with Crippen LogP contribution in [0.2, 0.25) is 0 Å². The van der Waals surface area contributed by atoms with E-state index in [1.165, 1.54) is 0 Å². The minimum Gasteiger partial charge on any atom is -0.396 e. The number of H-pyrrole nitrogens is 1. The highest BCUT2D eigenvalue weighted by atomic mass is 16.3. The number of aromatic nitrogens is 1. The Morgan fingerprint density at radius 1 is 1.55 bits per heavy atom. The fraction of sp³-hybridized carbons (Fsp3) is 0.706. The van der Waals surface area contributed by atoms with E-state index >= 15 is 0 Å². The lowest BCUT2D eigenvalue weighted by molar-refractivity contribution is 0.186. The Hall–Kier alpha value is -1.49. The maximum Gasteiger partial charge on any atom is 0.317 e. The van der Waals surface area contributed by atoms with Gasteiger partial charge >= 0.3 is 6.03 Å². The summed E-state index contributed by atoms with van der Waals surface area (Å²) in [6, 6.07) is 4.20. The summed E-state index contributed by atoms with van der Waals surface area (Å²) >= 11 is 0. The zero-order valence-electron chi connectivity index (χ0n) is 13.7. The van der Waals surface area contributed by atoms with Gasteiger partial charge < -0.3 is 20.3 Å². The molecule has 2 rings (SSSR count).